The van der Waals surface area contributed by atoms with Crippen molar-refractivity contribution in [3.63, 3.8) is 0 Å². The molecule has 0 aliphatic carbocycles. The van der Waals surface area contributed by atoms with Crippen molar-refractivity contribution in [2.75, 3.05) is 13.2 Å². The van der Waals surface area contributed by atoms with Gasteiger partial charge in [0.1, 0.15) is 13.2 Å². The predicted octanol–water partition coefficient (Wildman–Crippen LogP) is 14.4. The third-order valence-corrected chi connectivity index (χ3v) is 9.54. The molecule has 0 amide bonds. The maximum absolute atomic E-state index is 12.7. The molecule has 0 aliphatic rings. The summed E-state index contributed by atoms with van der Waals surface area (Å²) < 4.78 is 16.6. The summed E-state index contributed by atoms with van der Waals surface area (Å²) in [6.07, 6.45) is 49.6. The molecule has 6 heteroatoms. The van der Waals surface area contributed by atoms with Gasteiger partial charge >= 0.3 is 17.9 Å². The van der Waals surface area contributed by atoms with E-state index in [2.05, 4.69) is 69.4 Å². The quantitative estimate of drug-likeness (QED) is 0.0268. The SMILES string of the molecule is CC/C=C\C/C=C\CCCCC(=O)OCC(COC(=O)CCCCC/C=C\CCCCCCCCC)OC(=O)CCCCC/C=C\CCCCCCCC. The number of carbonyl (C=O) groups is 3. The normalized spacial score (nSPS) is 12.4. The zero-order valence-corrected chi connectivity index (χ0v) is 35.5. The van der Waals surface area contributed by atoms with E-state index < -0.39 is 6.10 Å². The zero-order chi connectivity index (χ0) is 39.4. The van der Waals surface area contributed by atoms with Crippen molar-refractivity contribution in [1.82, 2.24) is 0 Å². The Morgan fingerprint density at radius 3 is 1.17 bits per heavy atom. The Kier molecular flexibility index (Phi) is 41.0. The standard InChI is InChI=1S/C48H84O6/c1-4-7-10-13-16-19-21-23-25-26-29-32-35-38-41-47(50)53-44-45(43-52-46(49)40-37-34-31-28-18-15-12-9-6-3)54-48(51)42-39-36-33-30-27-24-22-20-17-14-11-8-5-2/h9,12,18,24-28,45H,4-8,10-11,13-17,19-23,29-44H2,1-3H3/b12-9-,26-25-,27-24-,28-18-. The summed E-state index contributed by atoms with van der Waals surface area (Å²) in [6, 6.07) is 0. The topological polar surface area (TPSA) is 78.9 Å². The van der Waals surface area contributed by atoms with Crippen LogP contribution in [-0.4, -0.2) is 37.2 Å². The van der Waals surface area contributed by atoms with Crippen molar-refractivity contribution in [2.24, 2.45) is 0 Å². The summed E-state index contributed by atoms with van der Waals surface area (Å²) in [5.41, 5.74) is 0. The molecule has 0 aromatic heterocycles. The maximum Gasteiger partial charge on any atom is 0.306 e. The van der Waals surface area contributed by atoms with Crippen LogP contribution in [0.5, 0.6) is 0 Å². The fraction of sp³-hybridized carbons (Fsp3) is 0.771. The molecule has 0 bridgehead atoms. The van der Waals surface area contributed by atoms with Crippen LogP contribution in [0, 0.1) is 0 Å². The lowest BCUT2D eigenvalue weighted by Crippen LogP contribution is -2.30. The van der Waals surface area contributed by atoms with Crippen molar-refractivity contribution in [3.8, 4) is 0 Å². The van der Waals surface area contributed by atoms with Gasteiger partial charge in [-0.2, -0.15) is 0 Å². The number of rotatable bonds is 40. The number of ether oxygens (including phenoxy) is 3. The minimum Gasteiger partial charge on any atom is -0.462 e. The lowest BCUT2D eigenvalue weighted by Gasteiger charge is -2.18. The molecular weight excluding hydrogens is 673 g/mol. The first-order valence-corrected chi connectivity index (χ1v) is 22.6. The molecule has 6 nitrogen and oxygen atoms in total. The molecule has 0 aromatic carbocycles. The molecule has 0 saturated carbocycles. The second kappa shape index (κ2) is 43.1. The molecule has 0 N–H and O–H groups in total. The average molecular weight is 757 g/mol. The van der Waals surface area contributed by atoms with Gasteiger partial charge in [-0.25, -0.2) is 0 Å². The summed E-state index contributed by atoms with van der Waals surface area (Å²) in [5, 5.41) is 0. The first-order chi connectivity index (χ1) is 26.5. The second-order valence-electron chi connectivity index (χ2n) is 14.9. The van der Waals surface area contributed by atoms with E-state index >= 15 is 0 Å². The van der Waals surface area contributed by atoms with Crippen LogP contribution >= 0.6 is 0 Å². The zero-order valence-electron chi connectivity index (χ0n) is 35.5. The Bertz CT molecular complexity index is 964. The number of carbonyl (C=O) groups excluding carboxylic acids is 3. The number of hydrogen-bond donors (Lipinski definition) is 0. The van der Waals surface area contributed by atoms with Gasteiger partial charge < -0.3 is 14.2 Å². The molecule has 0 saturated heterocycles. The highest BCUT2D eigenvalue weighted by Gasteiger charge is 2.19. The summed E-state index contributed by atoms with van der Waals surface area (Å²) in [4.78, 5) is 37.6. The lowest BCUT2D eigenvalue weighted by atomic mass is 10.1. The van der Waals surface area contributed by atoms with Gasteiger partial charge in [0, 0.05) is 19.3 Å². The highest BCUT2D eigenvalue weighted by molar-refractivity contribution is 5.71. The van der Waals surface area contributed by atoms with Crippen LogP contribution in [0.15, 0.2) is 48.6 Å². The highest BCUT2D eigenvalue weighted by atomic mass is 16.6. The van der Waals surface area contributed by atoms with Crippen molar-refractivity contribution in [2.45, 2.75) is 226 Å². The Hall–Kier alpha value is -2.63. The smallest absolute Gasteiger partial charge is 0.306 e. The van der Waals surface area contributed by atoms with E-state index in [9.17, 15) is 14.4 Å². The van der Waals surface area contributed by atoms with Gasteiger partial charge in [-0.15, -0.1) is 0 Å². The van der Waals surface area contributed by atoms with Crippen LogP contribution in [0.2, 0.25) is 0 Å². The predicted molar refractivity (Wildman–Crippen MR) is 229 cm³/mol. The van der Waals surface area contributed by atoms with E-state index in [1.54, 1.807) is 0 Å². The summed E-state index contributed by atoms with van der Waals surface area (Å²) in [7, 11) is 0. The van der Waals surface area contributed by atoms with Crippen molar-refractivity contribution >= 4 is 17.9 Å². The fourth-order valence-corrected chi connectivity index (χ4v) is 6.11. The number of esters is 3. The Balaban J connectivity index is 4.42. The van der Waals surface area contributed by atoms with Gasteiger partial charge in [0.2, 0.25) is 0 Å². The number of allylic oxidation sites excluding steroid dienone is 8. The van der Waals surface area contributed by atoms with E-state index in [0.717, 1.165) is 96.3 Å². The highest BCUT2D eigenvalue weighted by Crippen LogP contribution is 2.12. The summed E-state index contributed by atoms with van der Waals surface area (Å²) in [5.74, 6) is -0.968. The maximum atomic E-state index is 12.7. The fourth-order valence-electron chi connectivity index (χ4n) is 6.11. The summed E-state index contributed by atoms with van der Waals surface area (Å²) >= 11 is 0. The van der Waals surface area contributed by atoms with Gasteiger partial charge in [0.15, 0.2) is 6.10 Å². The van der Waals surface area contributed by atoms with Crippen LogP contribution in [0.25, 0.3) is 0 Å². The molecule has 312 valence electrons. The Morgan fingerprint density at radius 2 is 0.722 bits per heavy atom. The van der Waals surface area contributed by atoms with E-state index in [1.807, 2.05) is 0 Å². The third-order valence-electron chi connectivity index (χ3n) is 9.54. The van der Waals surface area contributed by atoms with E-state index in [1.165, 1.54) is 83.5 Å². The van der Waals surface area contributed by atoms with Crippen molar-refractivity contribution in [3.05, 3.63) is 48.6 Å². The molecule has 54 heavy (non-hydrogen) atoms. The second-order valence-corrected chi connectivity index (χ2v) is 14.9. The minimum atomic E-state index is -0.795. The molecule has 0 aromatic rings. The monoisotopic (exact) mass is 757 g/mol. The first-order valence-electron chi connectivity index (χ1n) is 22.6. The van der Waals surface area contributed by atoms with Gasteiger partial charge in [-0.05, 0) is 96.3 Å². The molecule has 0 heterocycles. The van der Waals surface area contributed by atoms with Gasteiger partial charge in [0.05, 0.1) is 0 Å². The first kappa shape index (κ1) is 51.4. The number of unbranched alkanes of at least 4 members (excludes halogenated alkanes) is 21. The van der Waals surface area contributed by atoms with Crippen molar-refractivity contribution < 1.29 is 28.6 Å². The van der Waals surface area contributed by atoms with Crippen LogP contribution < -0.4 is 0 Å². The molecule has 0 radical (unpaired) electrons. The Labute approximate surface area is 333 Å². The largest absolute Gasteiger partial charge is 0.462 e. The average Bonchev–Trinajstić information content (AvgIpc) is 3.17. The van der Waals surface area contributed by atoms with Gasteiger partial charge in [-0.1, -0.05) is 153 Å². The summed E-state index contributed by atoms with van der Waals surface area (Å²) in [6.45, 7) is 6.43. The molecule has 0 spiro atoms. The van der Waals surface area contributed by atoms with Crippen LogP contribution in [0.1, 0.15) is 220 Å². The van der Waals surface area contributed by atoms with Crippen LogP contribution in [0.3, 0.4) is 0 Å². The van der Waals surface area contributed by atoms with E-state index in [4.69, 9.17) is 14.2 Å². The van der Waals surface area contributed by atoms with E-state index in [-0.39, 0.29) is 31.1 Å². The van der Waals surface area contributed by atoms with Crippen molar-refractivity contribution in [1.29, 1.82) is 0 Å². The van der Waals surface area contributed by atoms with E-state index in [0.29, 0.717) is 19.3 Å². The molecular formula is C48H84O6. The third kappa shape index (κ3) is 40.6. The lowest BCUT2D eigenvalue weighted by molar-refractivity contribution is -0.167. The molecule has 0 rings (SSSR count). The van der Waals surface area contributed by atoms with Crippen LogP contribution in [-0.2, 0) is 28.6 Å². The minimum absolute atomic E-state index is 0.0974. The van der Waals surface area contributed by atoms with Gasteiger partial charge in [-0.3, -0.25) is 14.4 Å². The molecule has 1 unspecified atom stereocenters. The number of hydrogen-bond acceptors (Lipinski definition) is 6. The van der Waals surface area contributed by atoms with Gasteiger partial charge in [0.25, 0.3) is 0 Å². The molecule has 0 fully saturated rings. The molecule has 1 atom stereocenters. The Morgan fingerprint density at radius 1 is 0.389 bits per heavy atom. The van der Waals surface area contributed by atoms with Crippen LogP contribution in [0.4, 0.5) is 0 Å². The molecule has 0 aliphatic heterocycles.